The molecule has 18 heavy (non-hydrogen) atoms. The van der Waals surface area contributed by atoms with Crippen molar-refractivity contribution in [1.29, 1.82) is 0 Å². The fourth-order valence-corrected chi connectivity index (χ4v) is 1.48. The highest BCUT2D eigenvalue weighted by Crippen LogP contribution is 2.06. The van der Waals surface area contributed by atoms with E-state index in [0.29, 0.717) is 17.5 Å². The van der Waals surface area contributed by atoms with Gasteiger partial charge in [0.25, 0.3) is 0 Å². The molecular formula is C13H21N3OS. The Morgan fingerprint density at radius 3 is 2.94 bits per heavy atom. The maximum Gasteiger partial charge on any atom is 0.126 e. The number of nitrogens with one attached hydrogen (secondary N) is 1. The molecule has 0 amide bonds. The number of nitrogens with zero attached hydrogens (tertiary/aromatic N) is 1. The summed E-state index contributed by atoms with van der Waals surface area (Å²) in [5.41, 5.74) is 6.38. The first-order valence-corrected chi connectivity index (χ1v) is 6.58. The number of pyridine rings is 1. The molecule has 0 aromatic carbocycles. The molecule has 0 aliphatic carbocycles. The summed E-state index contributed by atoms with van der Waals surface area (Å²) in [7, 11) is 0. The zero-order valence-electron chi connectivity index (χ0n) is 11.0. The summed E-state index contributed by atoms with van der Waals surface area (Å²) in [6, 6.07) is 3.64. The SMILES string of the molecule is CC(C)CCOCCNc1cc(C(N)=S)ccn1. The van der Waals surface area contributed by atoms with Crippen molar-refractivity contribution in [3.63, 3.8) is 0 Å². The van der Waals surface area contributed by atoms with E-state index >= 15 is 0 Å². The molecule has 0 bridgehead atoms. The molecule has 1 aromatic rings. The van der Waals surface area contributed by atoms with Gasteiger partial charge in [0.05, 0.1) is 6.61 Å². The Morgan fingerprint density at radius 2 is 2.28 bits per heavy atom. The van der Waals surface area contributed by atoms with E-state index in [1.807, 2.05) is 6.07 Å². The van der Waals surface area contributed by atoms with Crippen LogP contribution in [0.3, 0.4) is 0 Å². The molecular weight excluding hydrogens is 246 g/mol. The van der Waals surface area contributed by atoms with Crippen LogP contribution in [0.5, 0.6) is 0 Å². The molecule has 0 saturated heterocycles. The van der Waals surface area contributed by atoms with Crippen LogP contribution in [0.25, 0.3) is 0 Å². The summed E-state index contributed by atoms with van der Waals surface area (Å²) in [6.45, 7) is 6.58. The van der Waals surface area contributed by atoms with Crippen LogP contribution < -0.4 is 11.1 Å². The minimum Gasteiger partial charge on any atom is -0.389 e. The Kier molecular flexibility index (Phi) is 6.60. The minimum atomic E-state index is 0.383. The standard InChI is InChI=1S/C13H21N3OS/c1-10(2)4-7-17-8-6-16-12-9-11(13(14)18)3-5-15-12/h3,5,9-10H,4,6-8H2,1-2H3,(H2,14,18)(H,15,16). The Hall–Kier alpha value is -1.20. The molecule has 100 valence electrons. The van der Waals surface area contributed by atoms with Crippen LogP contribution in [0.15, 0.2) is 18.3 Å². The first kappa shape index (κ1) is 14.9. The molecule has 0 unspecified atom stereocenters. The summed E-state index contributed by atoms with van der Waals surface area (Å²) < 4.78 is 5.50. The highest BCUT2D eigenvalue weighted by atomic mass is 32.1. The van der Waals surface area contributed by atoms with Gasteiger partial charge >= 0.3 is 0 Å². The fourth-order valence-electron chi connectivity index (χ4n) is 1.35. The van der Waals surface area contributed by atoms with Gasteiger partial charge in [0.1, 0.15) is 10.8 Å². The molecule has 3 N–H and O–H groups in total. The third-order valence-electron chi connectivity index (χ3n) is 2.44. The van der Waals surface area contributed by atoms with E-state index in [1.54, 1.807) is 12.3 Å². The molecule has 1 rings (SSSR count). The van der Waals surface area contributed by atoms with E-state index in [2.05, 4.69) is 24.1 Å². The second-order valence-corrected chi connectivity index (χ2v) is 4.96. The summed E-state index contributed by atoms with van der Waals surface area (Å²) in [5.74, 6) is 1.45. The van der Waals surface area contributed by atoms with Gasteiger partial charge in [-0.25, -0.2) is 4.98 Å². The smallest absolute Gasteiger partial charge is 0.126 e. The quantitative estimate of drug-likeness (QED) is 0.558. The van der Waals surface area contributed by atoms with E-state index in [9.17, 15) is 0 Å². The van der Waals surface area contributed by atoms with Crippen molar-refractivity contribution in [2.24, 2.45) is 11.7 Å². The van der Waals surface area contributed by atoms with Crippen LogP contribution in [0.4, 0.5) is 5.82 Å². The average molecular weight is 267 g/mol. The van der Waals surface area contributed by atoms with Crippen LogP contribution in [0.1, 0.15) is 25.8 Å². The molecule has 0 aliphatic heterocycles. The number of nitrogens with two attached hydrogens (primary N) is 1. The Balaban J connectivity index is 2.23. The third-order valence-corrected chi connectivity index (χ3v) is 2.67. The average Bonchev–Trinajstić information content (AvgIpc) is 2.33. The molecule has 0 atom stereocenters. The lowest BCUT2D eigenvalue weighted by atomic mass is 10.1. The first-order valence-electron chi connectivity index (χ1n) is 6.17. The molecule has 5 heteroatoms. The highest BCUT2D eigenvalue weighted by molar-refractivity contribution is 7.80. The number of aromatic nitrogens is 1. The van der Waals surface area contributed by atoms with Crippen LogP contribution in [0.2, 0.25) is 0 Å². The number of rotatable bonds is 8. The second kappa shape index (κ2) is 8.00. The summed E-state index contributed by atoms with van der Waals surface area (Å²) in [4.78, 5) is 4.57. The predicted molar refractivity (Wildman–Crippen MR) is 78.9 cm³/mol. The van der Waals surface area contributed by atoms with Crippen molar-refractivity contribution < 1.29 is 4.74 Å². The van der Waals surface area contributed by atoms with Crippen molar-refractivity contribution in [3.05, 3.63) is 23.9 Å². The Labute approximate surface area is 114 Å². The van der Waals surface area contributed by atoms with E-state index in [4.69, 9.17) is 22.7 Å². The van der Waals surface area contributed by atoms with E-state index < -0.39 is 0 Å². The van der Waals surface area contributed by atoms with Gasteiger partial charge in [0.15, 0.2) is 0 Å². The molecule has 4 nitrogen and oxygen atoms in total. The van der Waals surface area contributed by atoms with Crippen LogP contribution in [0, 0.1) is 5.92 Å². The van der Waals surface area contributed by atoms with Crippen LogP contribution >= 0.6 is 12.2 Å². The number of thiocarbonyl (C=S) groups is 1. The van der Waals surface area contributed by atoms with Crippen molar-refractivity contribution >= 4 is 23.0 Å². The van der Waals surface area contributed by atoms with Crippen molar-refractivity contribution in [1.82, 2.24) is 4.98 Å². The highest BCUT2D eigenvalue weighted by Gasteiger charge is 1.99. The van der Waals surface area contributed by atoms with E-state index in [1.165, 1.54) is 0 Å². The molecule has 0 radical (unpaired) electrons. The number of ether oxygens (including phenoxy) is 1. The molecule has 0 aliphatic rings. The van der Waals surface area contributed by atoms with Gasteiger partial charge < -0.3 is 15.8 Å². The molecule has 1 aromatic heterocycles. The molecule has 0 saturated carbocycles. The van der Waals surface area contributed by atoms with Gasteiger partial charge in [-0.05, 0) is 24.5 Å². The topological polar surface area (TPSA) is 60.2 Å². The largest absolute Gasteiger partial charge is 0.389 e. The van der Waals surface area contributed by atoms with Crippen LogP contribution in [-0.2, 0) is 4.74 Å². The number of hydrogen-bond donors (Lipinski definition) is 2. The van der Waals surface area contributed by atoms with Crippen LogP contribution in [-0.4, -0.2) is 29.7 Å². The lowest BCUT2D eigenvalue weighted by molar-refractivity contribution is 0.132. The van der Waals surface area contributed by atoms with Crippen molar-refractivity contribution in [2.45, 2.75) is 20.3 Å². The van der Waals surface area contributed by atoms with Gasteiger partial charge in [-0.1, -0.05) is 26.1 Å². The zero-order chi connectivity index (χ0) is 13.4. The summed E-state index contributed by atoms with van der Waals surface area (Å²) in [6.07, 6.45) is 2.78. The number of anilines is 1. The molecule has 1 heterocycles. The van der Waals surface area contributed by atoms with Crippen molar-refractivity contribution in [2.75, 3.05) is 25.1 Å². The Morgan fingerprint density at radius 1 is 1.50 bits per heavy atom. The Bertz CT molecular complexity index is 382. The maximum absolute atomic E-state index is 5.56. The zero-order valence-corrected chi connectivity index (χ0v) is 11.8. The predicted octanol–water partition coefficient (Wildman–Crippen LogP) is 2.19. The second-order valence-electron chi connectivity index (χ2n) is 4.52. The van der Waals surface area contributed by atoms with Crippen molar-refractivity contribution in [3.8, 4) is 0 Å². The van der Waals surface area contributed by atoms with Gasteiger partial charge in [-0.2, -0.15) is 0 Å². The van der Waals surface area contributed by atoms with Gasteiger partial charge in [0, 0.05) is 24.9 Å². The van der Waals surface area contributed by atoms with Gasteiger partial charge in [0.2, 0.25) is 0 Å². The third kappa shape index (κ3) is 5.93. The fraction of sp³-hybridized carbons (Fsp3) is 0.538. The maximum atomic E-state index is 5.56. The first-order chi connectivity index (χ1) is 8.59. The lowest BCUT2D eigenvalue weighted by Crippen LogP contribution is -2.13. The van der Waals surface area contributed by atoms with E-state index in [0.717, 1.165) is 31.0 Å². The van der Waals surface area contributed by atoms with Gasteiger partial charge in [-0.3, -0.25) is 0 Å². The number of hydrogen-bond acceptors (Lipinski definition) is 4. The summed E-state index contributed by atoms with van der Waals surface area (Å²) >= 11 is 4.91. The normalized spacial score (nSPS) is 10.6. The van der Waals surface area contributed by atoms with E-state index in [-0.39, 0.29) is 0 Å². The summed E-state index contributed by atoms with van der Waals surface area (Å²) in [5, 5.41) is 3.18. The lowest BCUT2D eigenvalue weighted by Gasteiger charge is -2.08. The van der Waals surface area contributed by atoms with Gasteiger partial charge in [-0.15, -0.1) is 0 Å². The monoisotopic (exact) mass is 267 g/mol. The minimum absolute atomic E-state index is 0.383. The molecule has 0 spiro atoms. The molecule has 0 fully saturated rings.